The number of piperazine rings is 1. The van der Waals surface area contributed by atoms with Crippen LogP contribution in [-0.2, 0) is 10.2 Å². The van der Waals surface area contributed by atoms with E-state index in [9.17, 15) is 4.79 Å². The van der Waals surface area contributed by atoms with Crippen LogP contribution in [-0.4, -0.2) is 35.5 Å². The van der Waals surface area contributed by atoms with Gasteiger partial charge in [-0.2, -0.15) is 0 Å². The maximum absolute atomic E-state index is 11.4. The molecular weight excluding hydrogens is 252 g/mol. The van der Waals surface area contributed by atoms with Crippen LogP contribution >= 0.6 is 11.6 Å². The summed E-state index contributed by atoms with van der Waals surface area (Å²) in [4.78, 5) is 22.1. The van der Waals surface area contributed by atoms with Crippen LogP contribution in [0, 0.1) is 0 Å². The lowest BCUT2D eigenvalue weighted by molar-refractivity contribution is -0.120. The van der Waals surface area contributed by atoms with Crippen molar-refractivity contribution >= 4 is 23.3 Å². The molecule has 0 spiro atoms. The first-order valence-electron chi connectivity index (χ1n) is 5.93. The van der Waals surface area contributed by atoms with Gasteiger partial charge in [0.15, 0.2) is 0 Å². The minimum absolute atomic E-state index is 0.00768. The molecule has 1 aromatic heterocycles. The van der Waals surface area contributed by atoms with Gasteiger partial charge in [-0.05, 0) is 0 Å². The van der Waals surface area contributed by atoms with Gasteiger partial charge >= 0.3 is 0 Å². The Morgan fingerprint density at radius 1 is 1.39 bits per heavy atom. The highest BCUT2D eigenvalue weighted by atomic mass is 35.5. The van der Waals surface area contributed by atoms with E-state index in [2.05, 4.69) is 15.3 Å². The molecule has 2 rings (SSSR count). The Kier molecular flexibility index (Phi) is 3.43. The number of aromatic nitrogens is 2. The van der Waals surface area contributed by atoms with Crippen LogP contribution < -0.4 is 10.2 Å². The first kappa shape index (κ1) is 13.1. The fourth-order valence-corrected chi connectivity index (χ4v) is 1.91. The topological polar surface area (TPSA) is 58.1 Å². The second-order valence-corrected chi connectivity index (χ2v) is 5.78. The van der Waals surface area contributed by atoms with Gasteiger partial charge < -0.3 is 10.2 Å². The van der Waals surface area contributed by atoms with Crippen molar-refractivity contribution in [2.45, 2.75) is 26.2 Å². The Balaban J connectivity index is 2.33. The number of halogens is 1. The predicted octanol–water partition coefficient (Wildman–Crippen LogP) is 1.36. The Labute approximate surface area is 112 Å². The van der Waals surface area contributed by atoms with Crippen molar-refractivity contribution in [3.05, 3.63) is 17.0 Å². The summed E-state index contributed by atoms with van der Waals surface area (Å²) in [6.45, 7) is 7.78. The van der Waals surface area contributed by atoms with Crippen molar-refractivity contribution in [3.8, 4) is 0 Å². The van der Waals surface area contributed by atoms with Crippen molar-refractivity contribution < 1.29 is 4.79 Å². The Hall–Kier alpha value is -1.36. The van der Waals surface area contributed by atoms with E-state index in [-0.39, 0.29) is 11.3 Å². The zero-order valence-electron chi connectivity index (χ0n) is 10.8. The fourth-order valence-electron chi connectivity index (χ4n) is 1.74. The molecule has 18 heavy (non-hydrogen) atoms. The summed E-state index contributed by atoms with van der Waals surface area (Å²) in [5, 5.41) is 3.20. The molecule has 2 heterocycles. The molecule has 0 unspecified atom stereocenters. The molecule has 0 aliphatic carbocycles. The number of nitrogens with zero attached hydrogens (tertiary/aromatic N) is 3. The third-order valence-electron chi connectivity index (χ3n) is 2.71. The highest BCUT2D eigenvalue weighted by molar-refractivity contribution is 6.29. The smallest absolute Gasteiger partial charge is 0.239 e. The highest BCUT2D eigenvalue weighted by Gasteiger charge is 2.22. The third kappa shape index (κ3) is 2.90. The number of hydrogen-bond donors (Lipinski definition) is 1. The first-order chi connectivity index (χ1) is 8.36. The van der Waals surface area contributed by atoms with E-state index in [0.717, 1.165) is 12.4 Å². The van der Waals surface area contributed by atoms with E-state index in [4.69, 9.17) is 11.6 Å². The average Bonchev–Trinajstić information content (AvgIpc) is 2.27. The van der Waals surface area contributed by atoms with Gasteiger partial charge in [-0.3, -0.25) is 4.79 Å². The van der Waals surface area contributed by atoms with Gasteiger partial charge in [0.25, 0.3) is 0 Å². The monoisotopic (exact) mass is 268 g/mol. The molecule has 0 bridgehead atoms. The SMILES string of the molecule is CC(C)(C)c1nc(Cl)cc(N2CCNC(=O)C2)n1. The summed E-state index contributed by atoms with van der Waals surface area (Å²) in [5.41, 5.74) is -0.169. The van der Waals surface area contributed by atoms with E-state index >= 15 is 0 Å². The molecule has 1 fully saturated rings. The summed E-state index contributed by atoms with van der Waals surface area (Å²) in [5.74, 6) is 1.42. The van der Waals surface area contributed by atoms with Gasteiger partial charge in [-0.15, -0.1) is 0 Å². The van der Waals surface area contributed by atoms with Crippen molar-refractivity contribution in [1.82, 2.24) is 15.3 Å². The number of hydrogen-bond acceptors (Lipinski definition) is 4. The minimum atomic E-state index is -0.169. The number of anilines is 1. The van der Waals surface area contributed by atoms with Gasteiger partial charge in [0, 0.05) is 24.6 Å². The first-order valence-corrected chi connectivity index (χ1v) is 6.31. The van der Waals surface area contributed by atoms with Crippen LogP contribution in [0.3, 0.4) is 0 Å². The second kappa shape index (κ2) is 4.72. The van der Waals surface area contributed by atoms with Gasteiger partial charge in [-0.1, -0.05) is 32.4 Å². The van der Waals surface area contributed by atoms with E-state index in [1.54, 1.807) is 6.07 Å². The molecule has 0 atom stereocenters. The van der Waals surface area contributed by atoms with Crippen LogP contribution in [0.25, 0.3) is 0 Å². The van der Waals surface area contributed by atoms with E-state index in [1.807, 2.05) is 25.7 Å². The van der Waals surface area contributed by atoms with E-state index in [0.29, 0.717) is 24.1 Å². The van der Waals surface area contributed by atoms with E-state index in [1.165, 1.54) is 0 Å². The fraction of sp³-hybridized carbons (Fsp3) is 0.583. The summed E-state index contributed by atoms with van der Waals surface area (Å²) in [6, 6.07) is 1.70. The van der Waals surface area contributed by atoms with Crippen molar-refractivity contribution in [3.63, 3.8) is 0 Å². The average molecular weight is 269 g/mol. The Morgan fingerprint density at radius 2 is 2.11 bits per heavy atom. The Morgan fingerprint density at radius 3 is 2.72 bits per heavy atom. The maximum atomic E-state index is 11.4. The van der Waals surface area contributed by atoms with Gasteiger partial charge in [-0.25, -0.2) is 9.97 Å². The molecule has 1 amide bonds. The third-order valence-corrected chi connectivity index (χ3v) is 2.91. The minimum Gasteiger partial charge on any atom is -0.353 e. The van der Waals surface area contributed by atoms with E-state index < -0.39 is 0 Å². The number of carbonyl (C=O) groups excluding carboxylic acids is 1. The van der Waals surface area contributed by atoms with Crippen molar-refractivity contribution in [2.75, 3.05) is 24.5 Å². The summed E-state index contributed by atoms with van der Waals surface area (Å²) in [6.07, 6.45) is 0. The summed E-state index contributed by atoms with van der Waals surface area (Å²) < 4.78 is 0. The standard InChI is InChI=1S/C12H17ClN4O/c1-12(2,3)11-15-8(13)6-9(16-11)17-5-4-14-10(18)7-17/h6H,4-5,7H2,1-3H3,(H,14,18). The molecule has 5 nitrogen and oxygen atoms in total. The lowest BCUT2D eigenvalue weighted by Crippen LogP contribution is -2.48. The molecule has 98 valence electrons. The molecule has 0 saturated carbocycles. The highest BCUT2D eigenvalue weighted by Crippen LogP contribution is 2.24. The zero-order valence-corrected chi connectivity index (χ0v) is 11.6. The number of carbonyl (C=O) groups is 1. The molecule has 1 aliphatic heterocycles. The molecule has 1 saturated heterocycles. The molecule has 1 aromatic rings. The quantitative estimate of drug-likeness (QED) is 0.782. The van der Waals surface area contributed by atoms with Gasteiger partial charge in [0.2, 0.25) is 5.91 Å². The Bertz CT molecular complexity index is 470. The second-order valence-electron chi connectivity index (χ2n) is 5.39. The molecule has 6 heteroatoms. The molecule has 0 radical (unpaired) electrons. The zero-order chi connectivity index (χ0) is 13.3. The molecule has 1 aliphatic rings. The summed E-state index contributed by atoms with van der Waals surface area (Å²) in [7, 11) is 0. The molecular formula is C12H17ClN4O. The molecule has 0 aromatic carbocycles. The van der Waals surface area contributed by atoms with Crippen LogP contribution in [0.1, 0.15) is 26.6 Å². The van der Waals surface area contributed by atoms with Crippen molar-refractivity contribution in [2.24, 2.45) is 0 Å². The number of amides is 1. The lowest BCUT2D eigenvalue weighted by atomic mass is 9.96. The number of rotatable bonds is 1. The van der Waals surface area contributed by atoms with Crippen LogP contribution in [0.4, 0.5) is 5.82 Å². The molecule has 1 N–H and O–H groups in total. The van der Waals surface area contributed by atoms with Gasteiger partial charge in [0.1, 0.15) is 16.8 Å². The maximum Gasteiger partial charge on any atom is 0.239 e. The summed E-state index contributed by atoms with van der Waals surface area (Å²) >= 11 is 6.03. The lowest BCUT2D eigenvalue weighted by Gasteiger charge is -2.28. The normalized spacial score (nSPS) is 16.7. The van der Waals surface area contributed by atoms with Crippen molar-refractivity contribution in [1.29, 1.82) is 0 Å². The van der Waals surface area contributed by atoms with Crippen LogP contribution in [0.5, 0.6) is 0 Å². The number of nitrogens with one attached hydrogen (secondary N) is 1. The predicted molar refractivity (Wildman–Crippen MR) is 71.0 cm³/mol. The van der Waals surface area contributed by atoms with Gasteiger partial charge in [0.05, 0.1) is 6.54 Å². The van der Waals surface area contributed by atoms with Crippen LogP contribution in [0.2, 0.25) is 5.15 Å². The van der Waals surface area contributed by atoms with Crippen LogP contribution in [0.15, 0.2) is 6.07 Å². The largest absolute Gasteiger partial charge is 0.353 e.